The van der Waals surface area contributed by atoms with E-state index >= 15 is 0 Å². The van der Waals surface area contributed by atoms with Gasteiger partial charge in [0.25, 0.3) is 0 Å². The Labute approximate surface area is 181 Å². The molecule has 30 heavy (non-hydrogen) atoms. The summed E-state index contributed by atoms with van der Waals surface area (Å²) in [4.78, 5) is 25.5. The molecule has 2 aromatic rings. The summed E-state index contributed by atoms with van der Waals surface area (Å²) < 4.78 is 41.2. The molecule has 0 saturated carbocycles. The molecule has 0 saturated heterocycles. The van der Waals surface area contributed by atoms with Crippen LogP contribution in [0.1, 0.15) is 24.9 Å². The third-order valence-electron chi connectivity index (χ3n) is 4.78. The van der Waals surface area contributed by atoms with Crippen LogP contribution in [-0.2, 0) is 9.59 Å². The first kappa shape index (κ1) is 22.4. The highest BCUT2D eigenvalue weighted by molar-refractivity contribution is 6.42. The number of hydrogen-bond donors (Lipinski definition) is 2. The Balaban J connectivity index is 1.85. The number of carbonyl (C=O) groups is 2. The van der Waals surface area contributed by atoms with Crippen molar-refractivity contribution in [2.45, 2.75) is 31.6 Å². The first-order valence-electron chi connectivity index (χ1n) is 9.04. The second-order valence-corrected chi connectivity index (χ2v) is 7.68. The maximum atomic E-state index is 13.7. The molecule has 2 N–H and O–H groups in total. The molecule has 1 aliphatic rings. The SMILES string of the molecule is C[C@@H](NCC(=O)N1c2ccccc2NC(=O)C[C@@H]1C(F)(F)F)c1ccc(Cl)c(Cl)c1. The van der Waals surface area contributed by atoms with Gasteiger partial charge in [0, 0.05) is 6.04 Å². The molecule has 0 spiro atoms. The molecule has 0 radical (unpaired) electrons. The van der Waals surface area contributed by atoms with Crippen LogP contribution in [0.2, 0.25) is 10.0 Å². The summed E-state index contributed by atoms with van der Waals surface area (Å²) in [6, 6.07) is 8.19. The van der Waals surface area contributed by atoms with Crippen LogP contribution < -0.4 is 15.5 Å². The molecule has 0 fully saturated rings. The minimum Gasteiger partial charge on any atom is -0.324 e. The van der Waals surface area contributed by atoms with Gasteiger partial charge in [-0.25, -0.2) is 0 Å². The van der Waals surface area contributed by atoms with E-state index in [2.05, 4.69) is 10.6 Å². The van der Waals surface area contributed by atoms with Crippen molar-refractivity contribution in [2.24, 2.45) is 0 Å². The predicted molar refractivity (Wildman–Crippen MR) is 110 cm³/mol. The molecule has 2 aromatic carbocycles. The first-order valence-corrected chi connectivity index (χ1v) is 9.79. The van der Waals surface area contributed by atoms with E-state index in [0.717, 1.165) is 5.56 Å². The fourth-order valence-electron chi connectivity index (χ4n) is 3.22. The third-order valence-corrected chi connectivity index (χ3v) is 5.52. The molecule has 1 heterocycles. The average Bonchev–Trinajstić information content (AvgIpc) is 2.83. The first-order chi connectivity index (χ1) is 14.1. The molecule has 0 aliphatic carbocycles. The van der Waals surface area contributed by atoms with Gasteiger partial charge in [0.05, 0.1) is 34.4 Å². The van der Waals surface area contributed by atoms with Gasteiger partial charge in [0.1, 0.15) is 6.04 Å². The molecular weight excluding hydrogens is 442 g/mol. The minimum atomic E-state index is -4.78. The number of benzene rings is 2. The zero-order valence-corrected chi connectivity index (χ0v) is 17.3. The number of carbonyl (C=O) groups excluding carboxylic acids is 2. The van der Waals surface area contributed by atoms with Crippen molar-refractivity contribution in [3.05, 3.63) is 58.1 Å². The van der Waals surface area contributed by atoms with Gasteiger partial charge in [0.2, 0.25) is 11.8 Å². The van der Waals surface area contributed by atoms with E-state index in [0.29, 0.717) is 14.9 Å². The largest absolute Gasteiger partial charge is 0.409 e. The number of amides is 2. The molecule has 0 aromatic heterocycles. The molecule has 5 nitrogen and oxygen atoms in total. The fourth-order valence-corrected chi connectivity index (χ4v) is 3.53. The van der Waals surface area contributed by atoms with Gasteiger partial charge >= 0.3 is 6.18 Å². The second-order valence-electron chi connectivity index (χ2n) is 6.87. The number of alkyl halides is 3. The number of rotatable bonds is 4. The van der Waals surface area contributed by atoms with Crippen LogP contribution in [-0.4, -0.2) is 30.6 Å². The number of para-hydroxylation sites is 2. The summed E-state index contributed by atoms with van der Waals surface area (Å²) >= 11 is 11.9. The maximum Gasteiger partial charge on any atom is 0.409 e. The molecule has 0 bridgehead atoms. The van der Waals surface area contributed by atoms with E-state index in [9.17, 15) is 22.8 Å². The summed E-state index contributed by atoms with van der Waals surface area (Å²) in [6.45, 7) is 1.37. The van der Waals surface area contributed by atoms with Crippen LogP contribution in [0.15, 0.2) is 42.5 Å². The topological polar surface area (TPSA) is 61.4 Å². The lowest BCUT2D eigenvalue weighted by Gasteiger charge is -2.32. The Morgan fingerprint density at radius 3 is 2.60 bits per heavy atom. The van der Waals surface area contributed by atoms with Crippen molar-refractivity contribution >= 4 is 46.4 Å². The van der Waals surface area contributed by atoms with Crippen molar-refractivity contribution in [1.29, 1.82) is 0 Å². The maximum absolute atomic E-state index is 13.7. The Hall–Kier alpha value is -2.29. The summed E-state index contributed by atoms with van der Waals surface area (Å²) in [7, 11) is 0. The van der Waals surface area contributed by atoms with E-state index < -0.39 is 30.5 Å². The molecule has 160 valence electrons. The van der Waals surface area contributed by atoms with E-state index in [1.54, 1.807) is 31.2 Å². The predicted octanol–water partition coefficient (Wildman–Crippen LogP) is 4.95. The Morgan fingerprint density at radius 1 is 1.23 bits per heavy atom. The van der Waals surface area contributed by atoms with Crippen LogP contribution >= 0.6 is 23.2 Å². The second kappa shape index (κ2) is 8.83. The highest BCUT2D eigenvalue weighted by Gasteiger charge is 2.48. The van der Waals surface area contributed by atoms with Crippen molar-refractivity contribution in [1.82, 2.24) is 5.32 Å². The highest BCUT2D eigenvalue weighted by Crippen LogP contribution is 2.37. The summed E-state index contributed by atoms with van der Waals surface area (Å²) in [6.07, 6.45) is -5.66. The standard InChI is InChI=1S/C20H18Cl2F3N3O2/c1-11(12-6-7-13(21)14(22)8-12)26-10-19(30)28-16-5-3-2-4-15(16)27-18(29)9-17(28)20(23,24)25/h2-8,11,17,26H,9-10H2,1H3,(H,27,29)/t11-,17-/m1/s1. The van der Waals surface area contributed by atoms with Crippen molar-refractivity contribution in [3.8, 4) is 0 Å². The highest BCUT2D eigenvalue weighted by atomic mass is 35.5. The van der Waals surface area contributed by atoms with Crippen molar-refractivity contribution < 1.29 is 22.8 Å². The zero-order valence-electron chi connectivity index (χ0n) is 15.8. The van der Waals surface area contributed by atoms with E-state index in [4.69, 9.17) is 23.2 Å². The van der Waals surface area contributed by atoms with Gasteiger partial charge < -0.3 is 10.6 Å². The van der Waals surface area contributed by atoms with E-state index in [-0.39, 0.29) is 24.0 Å². The van der Waals surface area contributed by atoms with Gasteiger partial charge in [-0.05, 0) is 36.8 Å². The summed E-state index contributed by atoms with van der Waals surface area (Å²) in [5.74, 6) is -1.62. The van der Waals surface area contributed by atoms with Crippen LogP contribution in [0.3, 0.4) is 0 Å². The summed E-state index contributed by atoms with van der Waals surface area (Å²) in [5.41, 5.74) is 0.873. The molecule has 2 amide bonds. The quantitative estimate of drug-likeness (QED) is 0.679. The lowest BCUT2D eigenvalue weighted by atomic mass is 10.1. The monoisotopic (exact) mass is 459 g/mol. The van der Waals surface area contributed by atoms with Crippen LogP contribution in [0, 0.1) is 0 Å². The molecule has 2 atom stereocenters. The normalized spacial score (nSPS) is 17.7. The average molecular weight is 460 g/mol. The molecule has 10 heteroatoms. The lowest BCUT2D eigenvalue weighted by Crippen LogP contribution is -2.52. The lowest BCUT2D eigenvalue weighted by molar-refractivity contribution is -0.157. The minimum absolute atomic E-state index is 0.000310. The van der Waals surface area contributed by atoms with Crippen molar-refractivity contribution in [2.75, 3.05) is 16.8 Å². The Kier molecular flexibility index (Phi) is 6.59. The van der Waals surface area contributed by atoms with Gasteiger partial charge in [-0.2, -0.15) is 13.2 Å². The molecule has 0 unspecified atom stereocenters. The zero-order chi connectivity index (χ0) is 22.1. The number of nitrogens with one attached hydrogen (secondary N) is 2. The number of fused-ring (bicyclic) bond motifs is 1. The third kappa shape index (κ3) is 4.88. The summed E-state index contributed by atoms with van der Waals surface area (Å²) in [5, 5.41) is 6.04. The van der Waals surface area contributed by atoms with Crippen LogP contribution in [0.25, 0.3) is 0 Å². The van der Waals surface area contributed by atoms with Gasteiger partial charge in [-0.3, -0.25) is 14.5 Å². The van der Waals surface area contributed by atoms with Gasteiger partial charge in [-0.15, -0.1) is 0 Å². The molecular formula is C20H18Cl2F3N3O2. The van der Waals surface area contributed by atoms with E-state index in [1.165, 1.54) is 18.2 Å². The van der Waals surface area contributed by atoms with Gasteiger partial charge in [-0.1, -0.05) is 41.4 Å². The number of nitrogens with zero attached hydrogens (tertiary/aromatic N) is 1. The molecule has 1 aliphatic heterocycles. The van der Waals surface area contributed by atoms with Gasteiger partial charge in [0.15, 0.2) is 0 Å². The Bertz CT molecular complexity index is 969. The molecule has 3 rings (SSSR count). The number of anilines is 2. The fraction of sp³-hybridized carbons (Fsp3) is 0.300. The van der Waals surface area contributed by atoms with Crippen molar-refractivity contribution in [3.63, 3.8) is 0 Å². The smallest absolute Gasteiger partial charge is 0.324 e. The van der Waals surface area contributed by atoms with E-state index in [1.807, 2.05) is 0 Å². The van der Waals surface area contributed by atoms with Crippen LogP contribution in [0.5, 0.6) is 0 Å². The number of hydrogen-bond acceptors (Lipinski definition) is 3. The van der Waals surface area contributed by atoms with Crippen LogP contribution in [0.4, 0.5) is 24.5 Å². The Morgan fingerprint density at radius 2 is 1.93 bits per heavy atom. The number of halogens is 5.